The highest BCUT2D eigenvalue weighted by Gasteiger charge is 2.57. The molecule has 144 valence electrons. The molecule has 0 radical (unpaired) electrons. The standard InChI is InChI=1S/C18H26N2O5S/c1-20-14-8-9-15(20)11-13(10-14)18(16(19)21,12-6-4-3-5-7-12)17(22)25-26(2,23)24/h3-7,13-15,17,22H,8-11H2,1-2H3,(H2,19,21). The Bertz CT molecular complexity index is 755. The Hall–Kier alpha value is -1.48. The average Bonchev–Trinajstić information content (AvgIpc) is 2.76. The second kappa shape index (κ2) is 6.92. The number of hydrogen-bond acceptors (Lipinski definition) is 6. The third-order valence-electron chi connectivity index (χ3n) is 6.06. The average molecular weight is 382 g/mol. The van der Waals surface area contributed by atoms with Gasteiger partial charge in [0.05, 0.1) is 6.26 Å². The minimum Gasteiger partial charge on any atom is -0.369 e. The molecule has 1 aromatic carbocycles. The second-order valence-electron chi connectivity index (χ2n) is 7.47. The highest BCUT2D eigenvalue weighted by Crippen LogP contribution is 2.48. The molecule has 8 heteroatoms. The van der Waals surface area contributed by atoms with Gasteiger partial charge in [0, 0.05) is 12.1 Å². The summed E-state index contributed by atoms with van der Waals surface area (Å²) in [5, 5.41) is 10.8. The van der Waals surface area contributed by atoms with Crippen molar-refractivity contribution in [3.63, 3.8) is 0 Å². The number of benzene rings is 1. The Morgan fingerprint density at radius 1 is 1.27 bits per heavy atom. The Balaban J connectivity index is 2.10. The number of aliphatic hydroxyl groups is 1. The molecule has 1 aromatic rings. The smallest absolute Gasteiger partial charge is 0.266 e. The van der Waals surface area contributed by atoms with Crippen LogP contribution in [-0.4, -0.2) is 56.0 Å². The molecule has 3 rings (SSSR count). The maximum atomic E-state index is 12.7. The number of fused-ring (bicyclic) bond motifs is 2. The van der Waals surface area contributed by atoms with Gasteiger partial charge in [0.25, 0.3) is 10.1 Å². The summed E-state index contributed by atoms with van der Waals surface area (Å²) in [4.78, 5) is 15.0. The maximum absolute atomic E-state index is 12.7. The van der Waals surface area contributed by atoms with Gasteiger partial charge in [-0.05, 0) is 44.2 Å². The third kappa shape index (κ3) is 3.26. The minimum absolute atomic E-state index is 0.284. The van der Waals surface area contributed by atoms with E-state index < -0.39 is 27.7 Å². The quantitative estimate of drug-likeness (QED) is 0.550. The number of aliphatic hydroxyl groups excluding tert-OH is 1. The van der Waals surface area contributed by atoms with Crippen molar-refractivity contribution >= 4 is 16.0 Å². The number of primary amides is 1. The Labute approximate surface area is 154 Å². The van der Waals surface area contributed by atoms with Crippen molar-refractivity contribution in [2.75, 3.05) is 13.3 Å². The first kappa shape index (κ1) is 19.3. The predicted molar refractivity (Wildman–Crippen MR) is 96.5 cm³/mol. The lowest BCUT2D eigenvalue weighted by atomic mass is 9.64. The lowest BCUT2D eigenvalue weighted by Crippen LogP contribution is -2.60. The molecule has 4 atom stereocenters. The summed E-state index contributed by atoms with van der Waals surface area (Å²) >= 11 is 0. The fraction of sp³-hybridized carbons (Fsp3) is 0.611. The van der Waals surface area contributed by atoms with Crippen LogP contribution in [-0.2, 0) is 24.5 Å². The van der Waals surface area contributed by atoms with Crippen molar-refractivity contribution in [2.45, 2.75) is 49.5 Å². The van der Waals surface area contributed by atoms with E-state index in [1.807, 2.05) is 0 Å². The van der Waals surface area contributed by atoms with Crippen LogP contribution in [0.25, 0.3) is 0 Å². The normalized spacial score (nSPS) is 29.9. The largest absolute Gasteiger partial charge is 0.369 e. The summed E-state index contributed by atoms with van der Waals surface area (Å²) < 4.78 is 28.3. The SMILES string of the molecule is CN1C2CCC1CC(C(C(N)=O)(c1ccccc1)C(O)OS(C)(=O)=O)C2. The summed E-state index contributed by atoms with van der Waals surface area (Å²) in [5.41, 5.74) is 4.68. The Morgan fingerprint density at radius 3 is 2.27 bits per heavy atom. The molecule has 2 fully saturated rings. The number of piperidine rings is 1. The monoisotopic (exact) mass is 382 g/mol. The van der Waals surface area contributed by atoms with E-state index >= 15 is 0 Å². The van der Waals surface area contributed by atoms with Gasteiger partial charge in [-0.2, -0.15) is 8.42 Å². The molecule has 0 saturated carbocycles. The zero-order chi connectivity index (χ0) is 19.1. The van der Waals surface area contributed by atoms with E-state index in [1.165, 1.54) is 0 Å². The maximum Gasteiger partial charge on any atom is 0.266 e. The van der Waals surface area contributed by atoms with Crippen molar-refractivity contribution in [2.24, 2.45) is 11.7 Å². The Morgan fingerprint density at radius 2 is 1.81 bits per heavy atom. The van der Waals surface area contributed by atoms with Gasteiger partial charge >= 0.3 is 0 Å². The van der Waals surface area contributed by atoms with Crippen LogP contribution in [0.2, 0.25) is 0 Å². The van der Waals surface area contributed by atoms with Crippen molar-refractivity contribution in [3.8, 4) is 0 Å². The molecule has 2 heterocycles. The van der Waals surface area contributed by atoms with E-state index in [0.29, 0.717) is 18.4 Å². The van der Waals surface area contributed by atoms with E-state index in [2.05, 4.69) is 11.9 Å². The van der Waals surface area contributed by atoms with Gasteiger partial charge in [-0.15, -0.1) is 0 Å². The second-order valence-corrected chi connectivity index (χ2v) is 9.07. The molecular weight excluding hydrogens is 356 g/mol. The van der Waals surface area contributed by atoms with Crippen LogP contribution < -0.4 is 5.73 Å². The topological polar surface area (TPSA) is 110 Å². The van der Waals surface area contributed by atoms with E-state index in [0.717, 1.165) is 19.1 Å². The number of hydrogen-bond donors (Lipinski definition) is 2. The highest BCUT2D eigenvalue weighted by atomic mass is 32.2. The van der Waals surface area contributed by atoms with E-state index in [4.69, 9.17) is 9.92 Å². The van der Waals surface area contributed by atoms with Crippen molar-refractivity contribution in [3.05, 3.63) is 35.9 Å². The third-order valence-corrected chi connectivity index (χ3v) is 6.59. The molecule has 2 aliphatic heterocycles. The summed E-state index contributed by atoms with van der Waals surface area (Å²) in [6.45, 7) is 0. The Kier molecular flexibility index (Phi) is 5.13. The van der Waals surface area contributed by atoms with Crippen LogP contribution in [0.3, 0.4) is 0 Å². The molecule has 2 saturated heterocycles. The van der Waals surface area contributed by atoms with E-state index in [1.54, 1.807) is 30.3 Å². The fourth-order valence-electron chi connectivity index (χ4n) is 4.78. The molecule has 2 bridgehead atoms. The lowest BCUT2D eigenvalue weighted by Gasteiger charge is -2.47. The zero-order valence-corrected chi connectivity index (χ0v) is 15.9. The molecule has 2 aliphatic rings. The summed E-state index contributed by atoms with van der Waals surface area (Å²) in [6.07, 6.45) is 2.31. The first-order valence-corrected chi connectivity index (χ1v) is 10.6. The van der Waals surface area contributed by atoms with Gasteiger partial charge in [0.15, 0.2) is 6.29 Å². The fourth-order valence-corrected chi connectivity index (χ4v) is 5.27. The lowest BCUT2D eigenvalue weighted by molar-refractivity contribution is -0.150. The predicted octanol–water partition coefficient (Wildman–Crippen LogP) is 0.577. The zero-order valence-electron chi connectivity index (χ0n) is 15.0. The molecule has 3 N–H and O–H groups in total. The van der Waals surface area contributed by atoms with Crippen LogP contribution in [0.1, 0.15) is 31.2 Å². The molecule has 26 heavy (non-hydrogen) atoms. The van der Waals surface area contributed by atoms with Crippen LogP contribution in [0.5, 0.6) is 0 Å². The van der Waals surface area contributed by atoms with Gasteiger partial charge in [0.1, 0.15) is 5.41 Å². The number of nitrogens with zero attached hydrogens (tertiary/aromatic N) is 1. The van der Waals surface area contributed by atoms with E-state index in [-0.39, 0.29) is 18.0 Å². The van der Waals surface area contributed by atoms with Gasteiger partial charge in [0.2, 0.25) is 5.91 Å². The molecular formula is C18H26N2O5S. The van der Waals surface area contributed by atoms with Gasteiger partial charge in [-0.3, -0.25) is 4.79 Å². The van der Waals surface area contributed by atoms with Crippen LogP contribution in [0, 0.1) is 5.92 Å². The van der Waals surface area contributed by atoms with Gasteiger partial charge in [-0.1, -0.05) is 30.3 Å². The molecule has 1 amide bonds. The first-order chi connectivity index (χ1) is 12.2. The summed E-state index contributed by atoms with van der Waals surface area (Å²) in [5.74, 6) is -1.08. The number of carbonyl (C=O) groups excluding carboxylic acids is 1. The number of rotatable bonds is 6. The number of nitrogens with two attached hydrogens (primary N) is 1. The summed E-state index contributed by atoms with van der Waals surface area (Å²) in [6, 6.07) is 9.23. The minimum atomic E-state index is -3.98. The van der Waals surface area contributed by atoms with Crippen molar-refractivity contribution in [1.82, 2.24) is 4.90 Å². The van der Waals surface area contributed by atoms with Crippen LogP contribution >= 0.6 is 0 Å². The molecule has 0 aromatic heterocycles. The van der Waals surface area contributed by atoms with Gasteiger partial charge in [-0.25, -0.2) is 4.18 Å². The molecule has 0 aliphatic carbocycles. The summed E-state index contributed by atoms with van der Waals surface area (Å²) in [7, 11) is -1.91. The van der Waals surface area contributed by atoms with E-state index in [9.17, 15) is 18.3 Å². The highest BCUT2D eigenvalue weighted by molar-refractivity contribution is 7.86. The number of carbonyl (C=O) groups is 1. The van der Waals surface area contributed by atoms with Crippen molar-refractivity contribution in [1.29, 1.82) is 0 Å². The first-order valence-electron chi connectivity index (χ1n) is 8.80. The molecule has 4 unspecified atom stereocenters. The molecule has 7 nitrogen and oxygen atoms in total. The van der Waals surface area contributed by atoms with Gasteiger partial charge < -0.3 is 15.7 Å². The van der Waals surface area contributed by atoms with Crippen LogP contribution in [0.15, 0.2) is 30.3 Å². The van der Waals surface area contributed by atoms with Crippen molar-refractivity contribution < 1.29 is 22.5 Å². The molecule has 0 spiro atoms. The van der Waals surface area contributed by atoms with Crippen LogP contribution in [0.4, 0.5) is 0 Å². The number of amides is 1.